The van der Waals surface area contributed by atoms with Gasteiger partial charge in [-0.05, 0) is 25.1 Å². The number of fused-ring (bicyclic) bond motifs is 1. The molecule has 1 saturated heterocycles. The number of carbonyl (C=O) groups is 1. The van der Waals surface area contributed by atoms with E-state index in [0.717, 1.165) is 17.6 Å². The number of carbonyl (C=O) groups excluding carboxylic acids is 1. The molecule has 29 heavy (non-hydrogen) atoms. The molecule has 3 aromatic rings. The molecule has 150 valence electrons. The maximum Gasteiger partial charge on any atom is 0.270 e. The summed E-state index contributed by atoms with van der Waals surface area (Å²) < 4.78 is 7.85. The average molecular weight is 395 g/mol. The number of nitro benzene ring substituents is 1. The number of amides is 1. The molecular formula is C20H21N5O4. The molecule has 2 aromatic carbocycles. The number of anilines is 1. The van der Waals surface area contributed by atoms with Crippen LogP contribution in [0.2, 0.25) is 0 Å². The van der Waals surface area contributed by atoms with Crippen LogP contribution in [-0.4, -0.2) is 46.2 Å². The van der Waals surface area contributed by atoms with Gasteiger partial charge in [0.2, 0.25) is 5.95 Å². The fourth-order valence-electron chi connectivity index (χ4n) is 3.54. The van der Waals surface area contributed by atoms with Gasteiger partial charge in [-0.1, -0.05) is 18.2 Å². The smallest absolute Gasteiger partial charge is 0.270 e. The summed E-state index contributed by atoms with van der Waals surface area (Å²) in [7, 11) is 0. The number of nitrogens with one attached hydrogen (secondary N) is 2. The van der Waals surface area contributed by atoms with Crippen molar-refractivity contribution >= 4 is 28.6 Å². The van der Waals surface area contributed by atoms with Gasteiger partial charge in [0.15, 0.2) is 0 Å². The summed E-state index contributed by atoms with van der Waals surface area (Å²) in [6, 6.07) is 13.2. The van der Waals surface area contributed by atoms with Crippen molar-refractivity contribution in [2.45, 2.75) is 19.1 Å². The van der Waals surface area contributed by atoms with Crippen molar-refractivity contribution in [3.63, 3.8) is 0 Å². The minimum absolute atomic E-state index is 0.0742. The molecule has 2 heterocycles. The van der Waals surface area contributed by atoms with Gasteiger partial charge in [0, 0.05) is 30.8 Å². The van der Waals surface area contributed by atoms with Gasteiger partial charge in [0.25, 0.3) is 11.6 Å². The van der Waals surface area contributed by atoms with Crippen LogP contribution in [-0.2, 0) is 4.74 Å². The van der Waals surface area contributed by atoms with Crippen LogP contribution < -0.4 is 10.6 Å². The molecule has 1 amide bonds. The fourth-order valence-corrected chi connectivity index (χ4v) is 3.54. The summed E-state index contributed by atoms with van der Waals surface area (Å²) in [6.45, 7) is 4.15. The third-order valence-corrected chi connectivity index (χ3v) is 5.04. The molecule has 0 bridgehead atoms. The van der Waals surface area contributed by atoms with E-state index in [1.54, 1.807) is 0 Å². The van der Waals surface area contributed by atoms with Crippen molar-refractivity contribution in [1.29, 1.82) is 0 Å². The van der Waals surface area contributed by atoms with Crippen molar-refractivity contribution in [3.05, 3.63) is 64.2 Å². The molecule has 0 radical (unpaired) electrons. The van der Waals surface area contributed by atoms with Gasteiger partial charge >= 0.3 is 0 Å². The van der Waals surface area contributed by atoms with Crippen LogP contribution in [0.4, 0.5) is 11.6 Å². The average Bonchev–Trinajstić information content (AvgIpc) is 3.11. The zero-order valence-corrected chi connectivity index (χ0v) is 15.9. The summed E-state index contributed by atoms with van der Waals surface area (Å²) in [4.78, 5) is 27.8. The van der Waals surface area contributed by atoms with Crippen molar-refractivity contribution in [2.24, 2.45) is 0 Å². The van der Waals surface area contributed by atoms with Crippen LogP contribution >= 0.6 is 0 Å². The first-order chi connectivity index (χ1) is 14.0. The van der Waals surface area contributed by atoms with E-state index in [4.69, 9.17) is 4.74 Å². The lowest BCUT2D eigenvalue weighted by molar-refractivity contribution is -0.384. The molecule has 0 saturated carbocycles. The summed E-state index contributed by atoms with van der Waals surface area (Å²) in [5.41, 5.74) is 1.68. The van der Waals surface area contributed by atoms with Gasteiger partial charge in [-0.2, -0.15) is 0 Å². The quantitative estimate of drug-likeness (QED) is 0.508. The van der Waals surface area contributed by atoms with E-state index in [2.05, 4.69) is 15.6 Å². The topological polar surface area (TPSA) is 111 Å². The zero-order valence-electron chi connectivity index (χ0n) is 15.9. The maximum atomic E-state index is 12.8. The van der Waals surface area contributed by atoms with Crippen LogP contribution in [0.5, 0.6) is 0 Å². The predicted octanol–water partition coefficient (Wildman–Crippen LogP) is 2.75. The highest BCUT2D eigenvalue weighted by molar-refractivity contribution is 6.04. The van der Waals surface area contributed by atoms with Gasteiger partial charge in [0.1, 0.15) is 0 Å². The number of nitro groups is 1. The van der Waals surface area contributed by atoms with E-state index in [1.165, 1.54) is 24.3 Å². The molecule has 1 aliphatic rings. The number of morpholine rings is 1. The van der Waals surface area contributed by atoms with Crippen LogP contribution in [0.1, 0.15) is 23.3 Å². The Bertz CT molecular complexity index is 1060. The van der Waals surface area contributed by atoms with Crippen LogP contribution in [0.3, 0.4) is 0 Å². The van der Waals surface area contributed by atoms with Crippen LogP contribution in [0, 0.1) is 10.1 Å². The largest absolute Gasteiger partial charge is 0.373 e. The van der Waals surface area contributed by atoms with Crippen molar-refractivity contribution in [3.8, 4) is 0 Å². The number of para-hydroxylation sites is 2. The molecule has 2 unspecified atom stereocenters. The van der Waals surface area contributed by atoms with E-state index in [9.17, 15) is 14.9 Å². The Hall–Kier alpha value is -3.30. The Morgan fingerprint density at radius 3 is 2.93 bits per heavy atom. The van der Waals surface area contributed by atoms with Gasteiger partial charge in [-0.25, -0.2) is 4.98 Å². The maximum absolute atomic E-state index is 12.8. The number of nitrogens with zero attached hydrogens (tertiary/aromatic N) is 3. The van der Waals surface area contributed by atoms with Crippen molar-refractivity contribution in [1.82, 2.24) is 14.9 Å². The third-order valence-electron chi connectivity index (χ3n) is 5.04. The minimum atomic E-state index is -0.526. The number of ether oxygens (including phenoxy) is 1. The standard InChI is InChI=1S/C20H21N5O4/c1-13(18-12-21-9-10-29-18)24-17-8-3-2-7-16(17)22-20(24)23-19(26)14-5-4-6-15(11-14)25(27)28/h2-8,11,13,18,21H,9-10,12H2,1H3,(H,22,23,26). The predicted molar refractivity (Wildman–Crippen MR) is 108 cm³/mol. The lowest BCUT2D eigenvalue weighted by Gasteiger charge is -2.30. The minimum Gasteiger partial charge on any atom is -0.373 e. The molecule has 9 heteroatoms. The Labute approximate surface area is 166 Å². The van der Waals surface area contributed by atoms with Crippen molar-refractivity contribution in [2.75, 3.05) is 25.0 Å². The van der Waals surface area contributed by atoms with Gasteiger partial charge < -0.3 is 14.6 Å². The monoisotopic (exact) mass is 395 g/mol. The normalized spacial score (nSPS) is 17.8. The van der Waals surface area contributed by atoms with Gasteiger partial charge in [-0.3, -0.25) is 20.2 Å². The van der Waals surface area contributed by atoms with Crippen LogP contribution in [0.15, 0.2) is 48.5 Å². The summed E-state index contributed by atoms with van der Waals surface area (Å²) in [6.07, 6.45) is -0.0742. The lowest BCUT2D eigenvalue weighted by atomic mass is 10.1. The molecular weight excluding hydrogens is 374 g/mol. The molecule has 9 nitrogen and oxygen atoms in total. The van der Waals surface area contributed by atoms with Crippen LogP contribution in [0.25, 0.3) is 11.0 Å². The molecule has 0 spiro atoms. The highest BCUT2D eigenvalue weighted by Crippen LogP contribution is 2.28. The molecule has 0 aliphatic carbocycles. The van der Waals surface area contributed by atoms with Gasteiger partial charge in [0.05, 0.1) is 34.7 Å². The Kier molecular flexibility index (Phi) is 5.24. The van der Waals surface area contributed by atoms with E-state index < -0.39 is 10.8 Å². The summed E-state index contributed by atoms with van der Waals surface area (Å²) in [5, 5.41) is 17.1. The number of non-ortho nitro benzene ring substituents is 1. The lowest BCUT2D eigenvalue weighted by Crippen LogP contribution is -2.42. The first kappa shape index (κ1) is 19.0. The highest BCUT2D eigenvalue weighted by atomic mass is 16.6. The van der Waals surface area contributed by atoms with E-state index in [1.807, 2.05) is 35.8 Å². The first-order valence-electron chi connectivity index (χ1n) is 9.39. The molecule has 1 aliphatic heterocycles. The fraction of sp³-hybridized carbons (Fsp3) is 0.300. The molecule has 4 rings (SSSR count). The molecule has 2 atom stereocenters. The van der Waals surface area contributed by atoms with E-state index >= 15 is 0 Å². The number of benzene rings is 2. The second-order valence-electron chi connectivity index (χ2n) is 6.91. The number of hydrogen-bond donors (Lipinski definition) is 2. The zero-order chi connectivity index (χ0) is 20.4. The Morgan fingerprint density at radius 1 is 1.34 bits per heavy atom. The molecule has 1 aromatic heterocycles. The number of imidazole rings is 1. The molecule has 2 N–H and O–H groups in total. The van der Waals surface area contributed by atoms with Crippen molar-refractivity contribution < 1.29 is 14.5 Å². The number of hydrogen-bond acceptors (Lipinski definition) is 6. The van der Waals surface area contributed by atoms with Gasteiger partial charge in [-0.15, -0.1) is 0 Å². The summed E-state index contributed by atoms with van der Waals surface area (Å²) >= 11 is 0. The number of rotatable bonds is 5. The number of aromatic nitrogens is 2. The second-order valence-corrected chi connectivity index (χ2v) is 6.91. The Balaban J connectivity index is 1.69. The summed E-state index contributed by atoms with van der Waals surface area (Å²) in [5.74, 6) is -0.0791. The Morgan fingerprint density at radius 2 is 2.17 bits per heavy atom. The highest BCUT2D eigenvalue weighted by Gasteiger charge is 2.27. The van der Waals surface area contributed by atoms with E-state index in [0.29, 0.717) is 19.1 Å². The molecule has 1 fully saturated rings. The SMILES string of the molecule is CC(C1CNCCO1)n1c(NC(=O)c2cccc([N+](=O)[O-])c2)nc2ccccc21. The third kappa shape index (κ3) is 3.82. The second kappa shape index (κ2) is 7.98. The first-order valence-corrected chi connectivity index (χ1v) is 9.39. The van der Waals surface area contributed by atoms with E-state index in [-0.39, 0.29) is 23.4 Å².